The zero-order valence-electron chi connectivity index (χ0n) is 13.2. The Bertz CT molecular complexity index is 340. The van der Waals surface area contributed by atoms with Crippen LogP contribution in [-0.2, 0) is 4.79 Å². The van der Waals surface area contributed by atoms with Crippen molar-refractivity contribution < 1.29 is 9.90 Å². The molecule has 0 spiro atoms. The minimum absolute atomic E-state index is 0.115. The Hall–Kier alpha value is -0.610. The van der Waals surface area contributed by atoms with Gasteiger partial charge in [0.25, 0.3) is 0 Å². The highest BCUT2D eigenvalue weighted by Crippen LogP contribution is 2.35. The molecule has 4 nitrogen and oxygen atoms in total. The van der Waals surface area contributed by atoms with E-state index in [-0.39, 0.29) is 11.3 Å². The van der Waals surface area contributed by atoms with Gasteiger partial charge in [-0.2, -0.15) is 0 Å². The molecule has 2 fully saturated rings. The monoisotopic (exact) mass is 282 g/mol. The Kier molecular flexibility index (Phi) is 4.75. The number of aliphatic hydroxyl groups is 1. The van der Waals surface area contributed by atoms with Gasteiger partial charge >= 0.3 is 0 Å². The maximum absolute atomic E-state index is 12.6. The van der Waals surface area contributed by atoms with Gasteiger partial charge < -0.3 is 15.7 Å². The van der Waals surface area contributed by atoms with E-state index in [9.17, 15) is 9.90 Å². The molecule has 116 valence electrons. The van der Waals surface area contributed by atoms with Crippen LogP contribution in [0.3, 0.4) is 0 Å². The molecule has 1 saturated heterocycles. The van der Waals surface area contributed by atoms with Crippen molar-refractivity contribution in [3.63, 3.8) is 0 Å². The van der Waals surface area contributed by atoms with Crippen molar-refractivity contribution in [3.05, 3.63) is 0 Å². The van der Waals surface area contributed by atoms with E-state index in [2.05, 4.69) is 31.4 Å². The van der Waals surface area contributed by atoms with Crippen LogP contribution in [0.15, 0.2) is 0 Å². The Morgan fingerprint density at radius 1 is 1.35 bits per heavy atom. The van der Waals surface area contributed by atoms with Crippen molar-refractivity contribution >= 4 is 5.91 Å². The lowest BCUT2D eigenvalue weighted by molar-refractivity contribution is -0.134. The van der Waals surface area contributed by atoms with Gasteiger partial charge in [-0.15, -0.1) is 0 Å². The second kappa shape index (κ2) is 6.02. The summed E-state index contributed by atoms with van der Waals surface area (Å²) in [4.78, 5) is 12.6. The average molecular weight is 282 g/mol. The van der Waals surface area contributed by atoms with Crippen molar-refractivity contribution in [2.45, 2.75) is 58.5 Å². The van der Waals surface area contributed by atoms with Crippen LogP contribution in [0.25, 0.3) is 0 Å². The van der Waals surface area contributed by atoms with E-state index < -0.39 is 5.60 Å². The number of carbonyl (C=O) groups excluding carboxylic acids is 1. The minimum atomic E-state index is -0.688. The minimum Gasteiger partial charge on any atom is -0.388 e. The summed E-state index contributed by atoms with van der Waals surface area (Å²) in [6, 6.07) is 0. The van der Waals surface area contributed by atoms with Gasteiger partial charge in [0.2, 0.25) is 5.91 Å². The lowest BCUT2D eigenvalue weighted by atomic mass is 9.75. The molecule has 1 atom stereocenters. The van der Waals surface area contributed by atoms with E-state index in [0.29, 0.717) is 18.4 Å². The fourth-order valence-electron chi connectivity index (χ4n) is 3.56. The second-order valence-corrected chi connectivity index (χ2v) is 7.33. The molecule has 0 aromatic rings. The predicted octanol–water partition coefficient (Wildman–Crippen LogP) is 1.68. The van der Waals surface area contributed by atoms with Crippen LogP contribution in [0, 0.1) is 17.3 Å². The normalized spacial score (nSPS) is 38.1. The van der Waals surface area contributed by atoms with E-state index in [1.165, 1.54) is 0 Å². The summed E-state index contributed by atoms with van der Waals surface area (Å²) in [6.07, 6.45) is 4.63. The molecule has 0 aromatic carbocycles. The maximum Gasteiger partial charge on any atom is 0.227 e. The van der Waals surface area contributed by atoms with E-state index >= 15 is 0 Å². The fourth-order valence-corrected chi connectivity index (χ4v) is 3.56. The molecule has 1 aliphatic heterocycles. The number of nitrogens with one attached hydrogen (secondary N) is 2. The van der Waals surface area contributed by atoms with Crippen molar-refractivity contribution in [1.29, 1.82) is 0 Å². The summed E-state index contributed by atoms with van der Waals surface area (Å²) in [5.74, 6) is 1.13. The molecule has 1 amide bonds. The predicted molar refractivity (Wildman–Crippen MR) is 80.3 cm³/mol. The zero-order chi connectivity index (χ0) is 14.8. The van der Waals surface area contributed by atoms with Crippen LogP contribution < -0.4 is 10.6 Å². The van der Waals surface area contributed by atoms with Crippen molar-refractivity contribution in [2.75, 3.05) is 19.6 Å². The number of hydrogen-bond donors (Lipinski definition) is 3. The average Bonchev–Trinajstić information content (AvgIpc) is 2.91. The van der Waals surface area contributed by atoms with Gasteiger partial charge in [0.05, 0.1) is 11.0 Å². The van der Waals surface area contributed by atoms with Gasteiger partial charge in [-0.3, -0.25) is 4.79 Å². The highest BCUT2D eigenvalue weighted by atomic mass is 16.3. The zero-order valence-corrected chi connectivity index (χ0v) is 13.2. The lowest BCUT2D eigenvalue weighted by Gasteiger charge is -2.37. The summed E-state index contributed by atoms with van der Waals surface area (Å²) < 4.78 is 0. The molecular weight excluding hydrogens is 252 g/mol. The van der Waals surface area contributed by atoms with Gasteiger partial charge in [0.1, 0.15) is 0 Å². The van der Waals surface area contributed by atoms with Gasteiger partial charge in [0.15, 0.2) is 0 Å². The largest absolute Gasteiger partial charge is 0.388 e. The molecule has 2 rings (SSSR count). The molecule has 1 unspecified atom stereocenters. The topological polar surface area (TPSA) is 61.4 Å². The summed E-state index contributed by atoms with van der Waals surface area (Å²) in [5.41, 5.74) is -0.981. The quantitative estimate of drug-likeness (QED) is 0.735. The third kappa shape index (κ3) is 3.17. The third-order valence-electron chi connectivity index (χ3n) is 5.53. The number of hydrogen-bond acceptors (Lipinski definition) is 3. The van der Waals surface area contributed by atoms with Crippen LogP contribution in [0.4, 0.5) is 0 Å². The van der Waals surface area contributed by atoms with Gasteiger partial charge in [-0.25, -0.2) is 0 Å². The van der Waals surface area contributed by atoms with E-state index in [4.69, 9.17) is 0 Å². The third-order valence-corrected chi connectivity index (χ3v) is 5.53. The van der Waals surface area contributed by atoms with E-state index in [1.54, 1.807) is 0 Å². The smallest absolute Gasteiger partial charge is 0.227 e. The van der Waals surface area contributed by atoms with Crippen LogP contribution >= 0.6 is 0 Å². The van der Waals surface area contributed by atoms with E-state index in [1.807, 2.05) is 0 Å². The first-order valence-corrected chi connectivity index (χ1v) is 8.09. The standard InChI is InChI=1S/C16H30N2O2/c1-12(2)16(8-9-17-11-16)14(19)18-10-15(20)6-4-13(3)5-7-15/h12-13,17,20H,4-11H2,1-3H3,(H,18,19). The number of amides is 1. The lowest BCUT2D eigenvalue weighted by Crippen LogP contribution is -2.51. The molecule has 2 aliphatic rings. The van der Waals surface area contributed by atoms with Crippen LogP contribution in [-0.4, -0.2) is 36.2 Å². The van der Waals surface area contributed by atoms with Gasteiger partial charge in [-0.1, -0.05) is 20.8 Å². The molecule has 4 heteroatoms. The van der Waals surface area contributed by atoms with Gasteiger partial charge in [0, 0.05) is 13.1 Å². The van der Waals surface area contributed by atoms with Gasteiger partial charge in [-0.05, 0) is 50.5 Å². The fraction of sp³-hybridized carbons (Fsp3) is 0.938. The first-order valence-electron chi connectivity index (χ1n) is 8.09. The Labute approximate surface area is 122 Å². The van der Waals surface area contributed by atoms with Crippen molar-refractivity contribution in [3.8, 4) is 0 Å². The molecule has 1 aliphatic carbocycles. The Morgan fingerprint density at radius 2 is 2.00 bits per heavy atom. The Morgan fingerprint density at radius 3 is 2.50 bits per heavy atom. The molecule has 0 radical (unpaired) electrons. The summed E-state index contributed by atoms with van der Waals surface area (Å²) in [5, 5.41) is 16.9. The maximum atomic E-state index is 12.6. The van der Waals surface area contributed by atoms with Crippen LogP contribution in [0.2, 0.25) is 0 Å². The van der Waals surface area contributed by atoms with Crippen molar-refractivity contribution in [1.82, 2.24) is 10.6 Å². The van der Waals surface area contributed by atoms with E-state index in [0.717, 1.165) is 45.2 Å². The summed E-state index contributed by atoms with van der Waals surface area (Å²) in [6.45, 7) is 8.54. The molecule has 1 heterocycles. The van der Waals surface area contributed by atoms with Crippen molar-refractivity contribution in [2.24, 2.45) is 17.3 Å². The highest BCUT2D eigenvalue weighted by molar-refractivity contribution is 5.83. The number of rotatable bonds is 4. The van der Waals surface area contributed by atoms with Crippen LogP contribution in [0.1, 0.15) is 52.9 Å². The molecule has 3 N–H and O–H groups in total. The molecule has 20 heavy (non-hydrogen) atoms. The number of carbonyl (C=O) groups is 1. The molecule has 1 saturated carbocycles. The first kappa shape index (κ1) is 15.8. The molecule has 0 aromatic heterocycles. The second-order valence-electron chi connectivity index (χ2n) is 7.33. The highest BCUT2D eigenvalue weighted by Gasteiger charge is 2.44. The SMILES string of the molecule is CC1CCC(O)(CNC(=O)C2(C(C)C)CCNC2)CC1. The first-order chi connectivity index (χ1) is 9.38. The summed E-state index contributed by atoms with van der Waals surface area (Å²) >= 11 is 0. The molecular formula is C16H30N2O2. The molecule has 0 bridgehead atoms. The Balaban J connectivity index is 1.91. The van der Waals surface area contributed by atoms with Crippen LogP contribution in [0.5, 0.6) is 0 Å². The summed E-state index contributed by atoms with van der Waals surface area (Å²) in [7, 11) is 0.